The van der Waals surface area contributed by atoms with E-state index in [1.807, 2.05) is 42.6 Å². The second-order valence-electron chi connectivity index (χ2n) is 3.75. The van der Waals surface area contributed by atoms with Crippen LogP contribution in [0.1, 0.15) is 24.7 Å². The molecule has 0 saturated heterocycles. The summed E-state index contributed by atoms with van der Waals surface area (Å²) in [5, 5.41) is 0. The molecule has 3 heteroatoms. The molecule has 0 atom stereocenters. The van der Waals surface area contributed by atoms with Crippen LogP contribution in [0.2, 0.25) is 0 Å². The van der Waals surface area contributed by atoms with Gasteiger partial charge in [-0.3, -0.25) is 15.0 Å². The fourth-order valence-electron chi connectivity index (χ4n) is 1.24. The Bertz CT molecular complexity index is 478. The van der Waals surface area contributed by atoms with Gasteiger partial charge in [-0.25, -0.2) is 0 Å². The van der Waals surface area contributed by atoms with E-state index >= 15 is 0 Å². The predicted molar refractivity (Wildman–Crippen MR) is 81.3 cm³/mol. The maximum absolute atomic E-state index is 4.17. The zero-order valence-electron chi connectivity index (χ0n) is 11.2. The predicted octanol–water partition coefficient (Wildman–Crippen LogP) is 3.64. The van der Waals surface area contributed by atoms with Gasteiger partial charge in [-0.05, 0) is 36.8 Å². The van der Waals surface area contributed by atoms with Crippen LogP contribution in [-0.4, -0.2) is 22.7 Å². The minimum absolute atomic E-state index is 0.885. The zero-order chi connectivity index (χ0) is 13.8. The van der Waals surface area contributed by atoms with Crippen molar-refractivity contribution in [2.45, 2.75) is 13.3 Å². The number of aromatic nitrogens is 2. The lowest BCUT2D eigenvalue weighted by Crippen LogP contribution is -1.86. The van der Waals surface area contributed by atoms with E-state index in [-0.39, 0.29) is 0 Å². The van der Waals surface area contributed by atoms with E-state index in [4.69, 9.17) is 0 Å². The Labute approximate surface area is 114 Å². The van der Waals surface area contributed by atoms with Crippen LogP contribution >= 0.6 is 0 Å². The minimum atomic E-state index is 0.885. The Morgan fingerprint density at radius 1 is 1.05 bits per heavy atom. The Hall–Kier alpha value is -2.29. The Morgan fingerprint density at radius 3 is 2.11 bits per heavy atom. The number of nitrogens with zero attached hydrogens (tertiary/aromatic N) is 3. The lowest BCUT2D eigenvalue weighted by atomic mass is 10.4. The van der Waals surface area contributed by atoms with Crippen LogP contribution in [0, 0.1) is 0 Å². The number of aliphatic imine (C=N–C) groups is 1. The van der Waals surface area contributed by atoms with E-state index in [9.17, 15) is 0 Å². The molecule has 0 aromatic carbocycles. The second kappa shape index (κ2) is 9.71. The van der Waals surface area contributed by atoms with E-state index in [0.29, 0.717) is 0 Å². The van der Waals surface area contributed by atoms with E-state index in [1.54, 1.807) is 18.5 Å². The first-order chi connectivity index (χ1) is 9.36. The first-order valence-electron chi connectivity index (χ1n) is 6.31. The summed E-state index contributed by atoms with van der Waals surface area (Å²) in [6.45, 7) is 6.56. The van der Waals surface area contributed by atoms with Gasteiger partial charge in [0, 0.05) is 25.2 Å². The molecule has 2 aromatic rings. The molecule has 0 amide bonds. The fraction of sp³-hybridized carbons (Fsp3) is 0.188. The Kier molecular flexibility index (Phi) is 7.55. The summed E-state index contributed by atoms with van der Waals surface area (Å²) in [6, 6.07) is 11.5. The molecular weight excluding hydrogens is 234 g/mol. The first kappa shape index (κ1) is 14.8. The SMILES string of the molecule is C=Cc1ccccn1.CCCN=Cc1ccccn1. The van der Waals surface area contributed by atoms with Crippen molar-refractivity contribution in [3.8, 4) is 0 Å². The molecule has 0 aliphatic heterocycles. The molecule has 2 heterocycles. The third-order valence-electron chi connectivity index (χ3n) is 2.16. The number of hydrogen-bond donors (Lipinski definition) is 0. The van der Waals surface area contributed by atoms with Crippen molar-refractivity contribution in [3.63, 3.8) is 0 Å². The summed E-state index contributed by atoms with van der Waals surface area (Å²) in [4.78, 5) is 12.3. The summed E-state index contributed by atoms with van der Waals surface area (Å²) in [5.74, 6) is 0. The van der Waals surface area contributed by atoms with E-state index in [1.165, 1.54) is 0 Å². The molecule has 0 fully saturated rings. The first-order valence-corrected chi connectivity index (χ1v) is 6.31. The lowest BCUT2D eigenvalue weighted by molar-refractivity contribution is 0.936. The molecule has 0 unspecified atom stereocenters. The van der Waals surface area contributed by atoms with Crippen LogP contribution in [0.15, 0.2) is 60.4 Å². The van der Waals surface area contributed by atoms with E-state index < -0.39 is 0 Å². The lowest BCUT2D eigenvalue weighted by Gasteiger charge is -1.88. The standard InChI is InChI=1S/C9H12N2.C7H7N/c1-2-6-10-8-9-5-3-4-7-11-9;1-2-7-5-3-4-6-8-7/h3-5,7-8H,2,6H2,1H3;2-6H,1H2. The smallest absolute Gasteiger partial charge is 0.0807 e. The zero-order valence-corrected chi connectivity index (χ0v) is 11.2. The van der Waals surface area contributed by atoms with Gasteiger partial charge in [0.15, 0.2) is 0 Å². The summed E-state index contributed by atoms with van der Waals surface area (Å²) < 4.78 is 0. The van der Waals surface area contributed by atoms with Crippen LogP contribution < -0.4 is 0 Å². The van der Waals surface area contributed by atoms with E-state index in [0.717, 1.165) is 24.4 Å². The third-order valence-corrected chi connectivity index (χ3v) is 2.16. The fourth-order valence-corrected chi connectivity index (χ4v) is 1.24. The van der Waals surface area contributed by atoms with Crippen molar-refractivity contribution in [2.24, 2.45) is 4.99 Å². The van der Waals surface area contributed by atoms with Crippen molar-refractivity contribution in [3.05, 3.63) is 66.8 Å². The molecule has 0 radical (unpaired) electrons. The summed E-state index contributed by atoms with van der Waals surface area (Å²) in [5.41, 5.74) is 1.86. The topological polar surface area (TPSA) is 38.1 Å². The van der Waals surface area contributed by atoms with Crippen LogP contribution in [0.5, 0.6) is 0 Å². The molecule has 3 nitrogen and oxygen atoms in total. The molecule has 0 aliphatic rings. The normalized spacial score (nSPS) is 9.74. The minimum Gasteiger partial charge on any atom is -0.291 e. The van der Waals surface area contributed by atoms with Gasteiger partial charge in [0.2, 0.25) is 0 Å². The highest BCUT2D eigenvalue weighted by molar-refractivity contribution is 5.76. The highest BCUT2D eigenvalue weighted by atomic mass is 14.7. The van der Waals surface area contributed by atoms with Gasteiger partial charge in [-0.1, -0.05) is 25.6 Å². The quantitative estimate of drug-likeness (QED) is 0.780. The van der Waals surface area contributed by atoms with Crippen molar-refractivity contribution in [1.82, 2.24) is 9.97 Å². The van der Waals surface area contributed by atoms with Crippen LogP contribution in [0.25, 0.3) is 6.08 Å². The number of pyridine rings is 2. The number of hydrogen-bond acceptors (Lipinski definition) is 3. The second-order valence-corrected chi connectivity index (χ2v) is 3.75. The Balaban J connectivity index is 0.000000200. The molecular formula is C16H19N3. The van der Waals surface area contributed by atoms with Gasteiger partial charge in [-0.15, -0.1) is 0 Å². The van der Waals surface area contributed by atoms with Gasteiger partial charge >= 0.3 is 0 Å². The molecule has 0 N–H and O–H groups in total. The van der Waals surface area contributed by atoms with Gasteiger partial charge in [-0.2, -0.15) is 0 Å². The molecule has 0 saturated carbocycles. The highest BCUT2D eigenvalue weighted by Gasteiger charge is 1.82. The maximum Gasteiger partial charge on any atom is 0.0807 e. The molecule has 0 spiro atoms. The van der Waals surface area contributed by atoms with Crippen LogP contribution in [-0.2, 0) is 0 Å². The monoisotopic (exact) mass is 253 g/mol. The van der Waals surface area contributed by atoms with Crippen LogP contribution in [0.3, 0.4) is 0 Å². The summed E-state index contributed by atoms with van der Waals surface area (Å²) in [6.07, 6.45) is 8.14. The molecule has 2 aromatic heterocycles. The van der Waals surface area contributed by atoms with Crippen molar-refractivity contribution in [2.75, 3.05) is 6.54 Å². The summed E-state index contributed by atoms with van der Waals surface area (Å²) >= 11 is 0. The number of rotatable bonds is 4. The molecule has 2 rings (SSSR count). The highest BCUT2D eigenvalue weighted by Crippen LogP contribution is 1.92. The van der Waals surface area contributed by atoms with Gasteiger partial charge in [0.1, 0.15) is 0 Å². The third kappa shape index (κ3) is 6.88. The maximum atomic E-state index is 4.17. The van der Waals surface area contributed by atoms with E-state index in [2.05, 4.69) is 28.5 Å². The molecule has 19 heavy (non-hydrogen) atoms. The van der Waals surface area contributed by atoms with Crippen molar-refractivity contribution >= 4 is 12.3 Å². The largest absolute Gasteiger partial charge is 0.291 e. The van der Waals surface area contributed by atoms with Crippen LogP contribution in [0.4, 0.5) is 0 Å². The van der Waals surface area contributed by atoms with Crippen molar-refractivity contribution < 1.29 is 0 Å². The average Bonchev–Trinajstić information content (AvgIpc) is 2.50. The van der Waals surface area contributed by atoms with Crippen molar-refractivity contribution in [1.29, 1.82) is 0 Å². The molecule has 98 valence electrons. The molecule has 0 aliphatic carbocycles. The summed E-state index contributed by atoms with van der Waals surface area (Å²) in [7, 11) is 0. The average molecular weight is 253 g/mol. The van der Waals surface area contributed by atoms with Gasteiger partial charge in [0.05, 0.1) is 11.4 Å². The van der Waals surface area contributed by atoms with Gasteiger partial charge < -0.3 is 0 Å². The Morgan fingerprint density at radius 2 is 1.68 bits per heavy atom. The van der Waals surface area contributed by atoms with Gasteiger partial charge in [0.25, 0.3) is 0 Å². The molecule has 0 bridgehead atoms.